The Kier molecular flexibility index (Phi) is 2.18. The molecule has 1 aliphatic rings. The predicted octanol–water partition coefficient (Wildman–Crippen LogP) is 3.31. The molecule has 3 aromatic rings. The molecule has 0 radical (unpaired) electrons. The van der Waals surface area contributed by atoms with Gasteiger partial charge in [-0.1, -0.05) is 54.6 Å². The Morgan fingerprint density at radius 3 is 2.50 bits per heavy atom. The van der Waals surface area contributed by atoms with Gasteiger partial charge in [-0.3, -0.25) is 5.10 Å². The fourth-order valence-electron chi connectivity index (χ4n) is 3.08. The summed E-state index contributed by atoms with van der Waals surface area (Å²) >= 11 is 0. The summed E-state index contributed by atoms with van der Waals surface area (Å²) in [5.41, 5.74) is 4.57. The number of hydrogen-bond donors (Lipinski definition) is 2. The van der Waals surface area contributed by atoms with E-state index in [-0.39, 0.29) is 0 Å². The van der Waals surface area contributed by atoms with Crippen LogP contribution in [-0.2, 0) is 5.60 Å². The lowest BCUT2D eigenvalue weighted by molar-refractivity contribution is 0.108. The summed E-state index contributed by atoms with van der Waals surface area (Å²) in [6.07, 6.45) is 0. The summed E-state index contributed by atoms with van der Waals surface area (Å²) in [5, 5.41) is 18.5. The van der Waals surface area contributed by atoms with Crippen LogP contribution in [0.3, 0.4) is 0 Å². The summed E-state index contributed by atoms with van der Waals surface area (Å²) in [6.45, 7) is 1.83. The largest absolute Gasteiger partial charge is 0.380 e. The molecule has 0 saturated carbocycles. The number of rotatable bonds is 1. The van der Waals surface area contributed by atoms with Crippen LogP contribution in [0.1, 0.15) is 18.1 Å². The minimum atomic E-state index is -1.01. The second-order valence-corrected chi connectivity index (χ2v) is 5.31. The Balaban J connectivity index is 2.01. The predicted molar refractivity (Wildman–Crippen MR) is 78.1 cm³/mol. The number of H-pyrrole nitrogens is 1. The first-order valence-electron chi connectivity index (χ1n) is 6.66. The number of aliphatic hydroxyl groups is 1. The van der Waals surface area contributed by atoms with Gasteiger partial charge in [-0.25, -0.2) is 0 Å². The lowest BCUT2D eigenvalue weighted by Crippen LogP contribution is -2.19. The normalized spacial score (nSPS) is 19.7. The topological polar surface area (TPSA) is 48.9 Å². The maximum atomic E-state index is 11.0. The van der Waals surface area contributed by atoms with Gasteiger partial charge in [-0.15, -0.1) is 0 Å². The van der Waals surface area contributed by atoms with E-state index in [1.165, 1.54) is 0 Å². The molecule has 0 saturated heterocycles. The van der Waals surface area contributed by atoms with Crippen LogP contribution in [0, 0.1) is 0 Å². The molecule has 98 valence electrons. The van der Waals surface area contributed by atoms with Crippen LogP contribution in [0.4, 0.5) is 0 Å². The van der Waals surface area contributed by atoms with E-state index in [1.807, 2.05) is 61.5 Å². The van der Waals surface area contributed by atoms with Crippen molar-refractivity contribution in [2.24, 2.45) is 0 Å². The standard InChI is InChI=1S/C17H14N2O/c1-17(20)13-10-6-5-9-12(13)16-14(17)15(18-19-16)11-7-3-2-4-8-11/h2-10,20H,1H3,(H,18,19). The molecule has 20 heavy (non-hydrogen) atoms. The highest BCUT2D eigenvalue weighted by Crippen LogP contribution is 2.49. The van der Waals surface area contributed by atoms with Gasteiger partial charge in [-0.05, 0) is 12.5 Å². The Morgan fingerprint density at radius 1 is 1.00 bits per heavy atom. The molecule has 0 aliphatic heterocycles. The summed E-state index contributed by atoms with van der Waals surface area (Å²) in [6, 6.07) is 17.9. The monoisotopic (exact) mass is 262 g/mol. The van der Waals surface area contributed by atoms with E-state index in [1.54, 1.807) is 0 Å². The zero-order valence-corrected chi connectivity index (χ0v) is 11.1. The second-order valence-electron chi connectivity index (χ2n) is 5.31. The zero-order valence-electron chi connectivity index (χ0n) is 11.1. The van der Waals surface area contributed by atoms with Crippen LogP contribution in [0.15, 0.2) is 54.6 Å². The van der Waals surface area contributed by atoms with Gasteiger partial charge < -0.3 is 5.11 Å². The molecule has 0 fully saturated rings. The minimum Gasteiger partial charge on any atom is -0.380 e. The summed E-state index contributed by atoms with van der Waals surface area (Å²) in [5.74, 6) is 0. The van der Waals surface area contributed by atoms with Crippen molar-refractivity contribution >= 4 is 0 Å². The van der Waals surface area contributed by atoms with Gasteiger partial charge in [0, 0.05) is 16.7 Å². The third-order valence-electron chi connectivity index (χ3n) is 4.02. The number of aromatic amines is 1. The highest BCUT2D eigenvalue weighted by molar-refractivity contribution is 5.83. The molecule has 3 nitrogen and oxygen atoms in total. The van der Waals surface area contributed by atoms with Gasteiger partial charge in [0.15, 0.2) is 0 Å². The average Bonchev–Trinajstić information content (AvgIpc) is 3.01. The van der Waals surface area contributed by atoms with Crippen LogP contribution in [0.25, 0.3) is 22.5 Å². The van der Waals surface area contributed by atoms with E-state index in [9.17, 15) is 5.11 Å². The lowest BCUT2D eigenvalue weighted by atomic mass is 9.91. The van der Waals surface area contributed by atoms with Crippen molar-refractivity contribution in [3.63, 3.8) is 0 Å². The first-order chi connectivity index (χ1) is 9.69. The third-order valence-corrected chi connectivity index (χ3v) is 4.02. The van der Waals surface area contributed by atoms with Crippen LogP contribution < -0.4 is 0 Å². The highest BCUT2D eigenvalue weighted by Gasteiger charge is 2.41. The van der Waals surface area contributed by atoms with Crippen molar-refractivity contribution in [3.8, 4) is 22.5 Å². The maximum absolute atomic E-state index is 11.0. The minimum absolute atomic E-state index is 0.821. The van der Waals surface area contributed by atoms with E-state index in [0.29, 0.717) is 0 Å². The molecule has 1 unspecified atom stereocenters. The molecule has 1 aliphatic carbocycles. The Labute approximate surface area is 116 Å². The molecule has 1 heterocycles. The van der Waals surface area contributed by atoms with Gasteiger partial charge in [0.1, 0.15) is 5.60 Å². The van der Waals surface area contributed by atoms with Crippen LogP contribution >= 0.6 is 0 Å². The zero-order chi connectivity index (χ0) is 13.7. The van der Waals surface area contributed by atoms with E-state index in [4.69, 9.17) is 0 Å². The van der Waals surface area contributed by atoms with Crippen molar-refractivity contribution in [2.45, 2.75) is 12.5 Å². The van der Waals surface area contributed by atoms with Gasteiger partial charge in [0.05, 0.1) is 11.4 Å². The van der Waals surface area contributed by atoms with E-state index in [2.05, 4.69) is 10.2 Å². The molecule has 0 bridgehead atoms. The molecule has 2 N–H and O–H groups in total. The van der Waals surface area contributed by atoms with Crippen molar-refractivity contribution in [2.75, 3.05) is 0 Å². The number of nitrogens with zero attached hydrogens (tertiary/aromatic N) is 1. The average molecular weight is 262 g/mol. The van der Waals surface area contributed by atoms with Gasteiger partial charge >= 0.3 is 0 Å². The van der Waals surface area contributed by atoms with Crippen molar-refractivity contribution < 1.29 is 5.11 Å². The maximum Gasteiger partial charge on any atom is 0.117 e. The van der Waals surface area contributed by atoms with Gasteiger partial charge in [0.2, 0.25) is 0 Å². The van der Waals surface area contributed by atoms with Crippen LogP contribution in [-0.4, -0.2) is 15.3 Å². The molecule has 2 aromatic carbocycles. The molecule has 0 amide bonds. The highest BCUT2D eigenvalue weighted by atomic mass is 16.3. The van der Waals surface area contributed by atoms with E-state index >= 15 is 0 Å². The van der Waals surface area contributed by atoms with Crippen LogP contribution in [0.5, 0.6) is 0 Å². The fourth-order valence-corrected chi connectivity index (χ4v) is 3.08. The molecule has 0 spiro atoms. The van der Waals surface area contributed by atoms with E-state index in [0.717, 1.165) is 33.6 Å². The van der Waals surface area contributed by atoms with Crippen molar-refractivity contribution in [3.05, 3.63) is 65.7 Å². The molecule has 1 aromatic heterocycles. The molecule has 1 atom stereocenters. The van der Waals surface area contributed by atoms with Crippen molar-refractivity contribution in [1.82, 2.24) is 10.2 Å². The molecule has 4 rings (SSSR count). The number of nitrogens with one attached hydrogen (secondary N) is 1. The third kappa shape index (κ3) is 1.35. The summed E-state index contributed by atoms with van der Waals surface area (Å²) in [4.78, 5) is 0. The molecule has 3 heteroatoms. The first-order valence-corrected chi connectivity index (χ1v) is 6.66. The van der Waals surface area contributed by atoms with E-state index < -0.39 is 5.60 Å². The number of fused-ring (bicyclic) bond motifs is 3. The number of benzene rings is 2. The smallest absolute Gasteiger partial charge is 0.117 e. The Bertz CT molecular complexity index is 788. The summed E-state index contributed by atoms with van der Waals surface area (Å²) in [7, 11) is 0. The quantitative estimate of drug-likeness (QED) is 0.706. The van der Waals surface area contributed by atoms with Crippen LogP contribution in [0.2, 0.25) is 0 Å². The molecular formula is C17H14N2O. The molecular weight excluding hydrogens is 248 g/mol. The first kappa shape index (κ1) is 11.4. The van der Waals surface area contributed by atoms with Gasteiger partial charge in [-0.2, -0.15) is 5.10 Å². The number of hydrogen-bond acceptors (Lipinski definition) is 2. The second kappa shape index (κ2) is 3.81. The van der Waals surface area contributed by atoms with Gasteiger partial charge in [0.25, 0.3) is 0 Å². The Hall–Kier alpha value is -2.39. The SMILES string of the molecule is CC1(O)c2ccccc2-c2[nH]nc(-c3ccccc3)c21. The lowest BCUT2D eigenvalue weighted by Gasteiger charge is -2.20. The Morgan fingerprint density at radius 2 is 1.70 bits per heavy atom. The number of aromatic nitrogens is 2. The summed E-state index contributed by atoms with van der Waals surface area (Å²) < 4.78 is 0. The fraction of sp³-hybridized carbons (Fsp3) is 0.118. The van der Waals surface area contributed by atoms with Crippen molar-refractivity contribution in [1.29, 1.82) is 0 Å².